The fourth-order valence-electron chi connectivity index (χ4n) is 1.54. The Bertz CT molecular complexity index is 365. The maximum Gasteiger partial charge on any atom is 0.326 e. The Morgan fingerprint density at radius 1 is 1.33 bits per heavy atom. The molecule has 3 atom stereocenters. The van der Waals surface area contributed by atoms with E-state index in [1.54, 1.807) is 0 Å². The summed E-state index contributed by atoms with van der Waals surface area (Å²) in [7, 11) is 0. The van der Waals surface area contributed by atoms with Gasteiger partial charge in [0.1, 0.15) is 6.04 Å². The highest BCUT2D eigenvalue weighted by Gasteiger charge is 2.22. The highest BCUT2D eigenvalue weighted by atomic mass is 32.2. The molecule has 2 amide bonds. The standard InChI is InChI=1S/C13H25N3O4S/c1-4-8(2)11(14)12(18)15-7-10(17)16-9(13(19)20)5-6-21-3/h8-9,11H,4-7,14H2,1-3H3,(H,15,18)(H,16,17)(H,19,20)/t8-,9-,11-/m0/s1. The highest BCUT2D eigenvalue weighted by molar-refractivity contribution is 7.98. The summed E-state index contributed by atoms with van der Waals surface area (Å²) in [5.74, 6) is -1.38. The molecule has 0 unspecified atom stereocenters. The van der Waals surface area contributed by atoms with Crippen molar-refractivity contribution in [3.05, 3.63) is 0 Å². The van der Waals surface area contributed by atoms with E-state index in [0.717, 1.165) is 6.42 Å². The Hall–Kier alpha value is -1.28. The molecule has 5 N–H and O–H groups in total. The van der Waals surface area contributed by atoms with Gasteiger partial charge in [-0.3, -0.25) is 9.59 Å². The molecule has 0 radical (unpaired) electrons. The van der Waals surface area contributed by atoms with Gasteiger partial charge in [-0.1, -0.05) is 20.3 Å². The molecular formula is C13H25N3O4S. The van der Waals surface area contributed by atoms with Crippen LogP contribution in [-0.4, -0.2) is 53.5 Å². The second kappa shape index (κ2) is 10.4. The van der Waals surface area contributed by atoms with E-state index in [9.17, 15) is 14.4 Å². The van der Waals surface area contributed by atoms with Crippen LogP contribution in [0.15, 0.2) is 0 Å². The van der Waals surface area contributed by atoms with E-state index in [1.165, 1.54) is 11.8 Å². The number of carbonyl (C=O) groups is 3. The van der Waals surface area contributed by atoms with Crippen molar-refractivity contribution < 1.29 is 19.5 Å². The van der Waals surface area contributed by atoms with Crippen molar-refractivity contribution in [2.75, 3.05) is 18.6 Å². The fraction of sp³-hybridized carbons (Fsp3) is 0.769. The second-order valence-corrected chi connectivity index (χ2v) is 5.85. The second-order valence-electron chi connectivity index (χ2n) is 4.87. The van der Waals surface area contributed by atoms with Crippen LogP contribution in [0.1, 0.15) is 26.7 Å². The zero-order valence-electron chi connectivity index (χ0n) is 12.7. The van der Waals surface area contributed by atoms with Gasteiger partial charge >= 0.3 is 5.97 Å². The normalized spacial score (nSPS) is 14.9. The van der Waals surface area contributed by atoms with Crippen molar-refractivity contribution >= 4 is 29.5 Å². The van der Waals surface area contributed by atoms with Gasteiger partial charge in [-0.25, -0.2) is 4.79 Å². The number of nitrogens with one attached hydrogen (secondary N) is 2. The zero-order chi connectivity index (χ0) is 16.4. The van der Waals surface area contributed by atoms with Gasteiger partial charge in [-0.05, 0) is 24.3 Å². The summed E-state index contributed by atoms with van der Waals surface area (Å²) in [6, 6.07) is -1.61. The molecule has 21 heavy (non-hydrogen) atoms. The first kappa shape index (κ1) is 19.7. The summed E-state index contributed by atoms with van der Waals surface area (Å²) in [6.45, 7) is 3.51. The molecule has 0 heterocycles. The Kier molecular flexibility index (Phi) is 9.81. The van der Waals surface area contributed by atoms with E-state index >= 15 is 0 Å². The van der Waals surface area contributed by atoms with Gasteiger partial charge in [-0.15, -0.1) is 0 Å². The summed E-state index contributed by atoms with van der Waals surface area (Å²) < 4.78 is 0. The van der Waals surface area contributed by atoms with Gasteiger partial charge in [0.05, 0.1) is 12.6 Å². The summed E-state index contributed by atoms with van der Waals surface area (Å²) in [6.07, 6.45) is 2.95. The minimum Gasteiger partial charge on any atom is -0.480 e. The molecule has 8 heteroatoms. The molecule has 0 saturated carbocycles. The van der Waals surface area contributed by atoms with Gasteiger partial charge in [0.25, 0.3) is 0 Å². The lowest BCUT2D eigenvalue weighted by molar-refractivity contribution is -0.141. The third-order valence-electron chi connectivity index (χ3n) is 3.23. The van der Waals surface area contributed by atoms with Crippen LogP contribution in [0.4, 0.5) is 0 Å². The van der Waals surface area contributed by atoms with E-state index in [2.05, 4.69) is 10.6 Å². The molecule has 0 spiro atoms. The Morgan fingerprint density at radius 3 is 2.43 bits per heavy atom. The van der Waals surface area contributed by atoms with Crippen LogP contribution in [-0.2, 0) is 14.4 Å². The summed E-state index contributed by atoms with van der Waals surface area (Å²) in [5.41, 5.74) is 5.73. The lowest BCUT2D eigenvalue weighted by Crippen LogP contribution is -2.50. The molecule has 0 bridgehead atoms. The maximum atomic E-state index is 11.7. The van der Waals surface area contributed by atoms with E-state index in [-0.39, 0.29) is 12.5 Å². The Balaban J connectivity index is 4.24. The van der Waals surface area contributed by atoms with Crippen LogP contribution in [0.5, 0.6) is 0 Å². The van der Waals surface area contributed by atoms with Gasteiger partial charge in [0, 0.05) is 0 Å². The minimum atomic E-state index is -1.08. The smallest absolute Gasteiger partial charge is 0.326 e. The van der Waals surface area contributed by atoms with Crippen LogP contribution in [0, 0.1) is 5.92 Å². The molecular weight excluding hydrogens is 294 g/mol. The minimum absolute atomic E-state index is 0.0152. The molecule has 0 saturated heterocycles. The van der Waals surface area contributed by atoms with Crippen molar-refractivity contribution in [2.45, 2.75) is 38.8 Å². The van der Waals surface area contributed by atoms with Crippen molar-refractivity contribution in [1.29, 1.82) is 0 Å². The zero-order valence-corrected chi connectivity index (χ0v) is 13.5. The first-order chi connectivity index (χ1) is 9.83. The first-order valence-electron chi connectivity index (χ1n) is 6.87. The maximum absolute atomic E-state index is 11.7. The van der Waals surface area contributed by atoms with E-state index in [0.29, 0.717) is 12.2 Å². The predicted octanol–water partition coefficient (Wildman–Crippen LogP) is -0.201. The number of aliphatic carboxylic acids is 1. The van der Waals surface area contributed by atoms with Crippen molar-refractivity contribution in [2.24, 2.45) is 11.7 Å². The average Bonchev–Trinajstić information content (AvgIpc) is 2.46. The number of amides is 2. The predicted molar refractivity (Wildman–Crippen MR) is 83.0 cm³/mol. The molecule has 0 aromatic heterocycles. The topological polar surface area (TPSA) is 122 Å². The Labute approximate surface area is 129 Å². The molecule has 0 rings (SSSR count). The molecule has 0 aromatic rings. The van der Waals surface area contributed by atoms with Crippen molar-refractivity contribution in [3.63, 3.8) is 0 Å². The molecule has 0 aliphatic heterocycles. The number of carbonyl (C=O) groups excluding carboxylic acids is 2. The summed E-state index contributed by atoms with van der Waals surface area (Å²) in [4.78, 5) is 34.3. The molecule has 122 valence electrons. The third-order valence-corrected chi connectivity index (χ3v) is 3.87. The summed E-state index contributed by atoms with van der Waals surface area (Å²) >= 11 is 1.50. The molecule has 0 fully saturated rings. The van der Waals surface area contributed by atoms with Crippen molar-refractivity contribution in [3.8, 4) is 0 Å². The number of rotatable bonds is 10. The van der Waals surface area contributed by atoms with E-state index in [4.69, 9.17) is 10.8 Å². The number of hydrogen-bond acceptors (Lipinski definition) is 5. The monoisotopic (exact) mass is 319 g/mol. The van der Waals surface area contributed by atoms with E-state index < -0.39 is 29.9 Å². The summed E-state index contributed by atoms with van der Waals surface area (Å²) in [5, 5.41) is 13.8. The number of carboxylic acid groups (broad SMARTS) is 1. The van der Waals surface area contributed by atoms with Gasteiger partial charge in [0.15, 0.2) is 0 Å². The largest absolute Gasteiger partial charge is 0.480 e. The molecule has 0 aliphatic carbocycles. The van der Waals surface area contributed by atoms with Gasteiger partial charge < -0.3 is 21.5 Å². The highest BCUT2D eigenvalue weighted by Crippen LogP contribution is 2.05. The third kappa shape index (κ3) is 7.91. The van der Waals surface area contributed by atoms with Gasteiger partial charge in [-0.2, -0.15) is 11.8 Å². The van der Waals surface area contributed by atoms with Crippen LogP contribution in [0.25, 0.3) is 0 Å². The SMILES string of the molecule is CC[C@H](C)[C@H](N)C(=O)NCC(=O)N[C@@H](CCSC)C(=O)O. The van der Waals surface area contributed by atoms with Crippen molar-refractivity contribution in [1.82, 2.24) is 10.6 Å². The van der Waals surface area contributed by atoms with Gasteiger partial charge in [0.2, 0.25) is 11.8 Å². The lowest BCUT2D eigenvalue weighted by Gasteiger charge is -2.18. The van der Waals surface area contributed by atoms with Crippen LogP contribution in [0.3, 0.4) is 0 Å². The molecule has 0 aliphatic rings. The molecule has 0 aromatic carbocycles. The first-order valence-corrected chi connectivity index (χ1v) is 8.27. The van der Waals surface area contributed by atoms with Crippen LogP contribution in [0.2, 0.25) is 0 Å². The van der Waals surface area contributed by atoms with E-state index in [1.807, 2.05) is 20.1 Å². The lowest BCUT2D eigenvalue weighted by atomic mass is 9.99. The quantitative estimate of drug-likeness (QED) is 0.442. The number of thioether (sulfide) groups is 1. The Morgan fingerprint density at radius 2 is 1.95 bits per heavy atom. The molecule has 7 nitrogen and oxygen atoms in total. The fourth-order valence-corrected chi connectivity index (χ4v) is 2.01. The number of hydrogen-bond donors (Lipinski definition) is 4. The van der Waals surface area contributed by atoms with Crippen LogP contribution < -0.4 is 16.4 Å². The van der Waals surface area contributed by atoms with Crippen LogP contribution >= 0.6 is 11.8 Å². The average molecular weight is 319 g/mol. The number of carboxylic acids is 1. The number of nitrogens with two attached hydrogens (primary N) is 1.